The van der Waals surface area contributed by atoms with Crippen molar-refractivity contribution in [1.29, 1.82) is 0 Å². The molecule has 0 saturated carbocycles. The second-order valence-electron chi connectivity index (χ2n) is 10.1. The molecule has 14 nitrogen and oxygen atoms in total. The summed E-state index contributed by atoms with van der Waals surface area (Å²) in [6, 6.07) is 0. The van der Waals surface area contributed by atoms with Crippen molar-refractivity contribution in [2.24, 2.45) is 0 Å². The molecule has 0 radical (unpaired) electrons. The Morgan fingerprint density at radius 3 is 2.38 bits per heavy atom. The fraction of sp³-hybridized carbons (Fsp3) is 0.538. The Kier molecular flexibility index (Phi) is 9.53. The number of morpholine rings is 1. The molecule has 1 amide bonds. The Labute approximate surface area is 232 Å². The maximum Gasteiger partial charge on any atom is 0.414 e. The molecule has 214 valence electrons. The number of carbonyl (C=O) groups is 2. The number of hydrogen-bond acceptors (Lipinski definition) is 12. The third-order valence-corrected chi connectivity index (χ3v) is 5.66. The lowest BCUT2D eigenvalue weighted by Gasteiger charge is -2.27. The second-order valence-corrected chi connectivity index (χ2v) is 10.1. The molecule has 40 heavy (non-hydrogen) atoms. The highest BCUT2D eigenvalue weighted by molar-refractivity contribution is 5.82. The van der Waals surface area contributed by atoms with Crippen molar-refractivity contribution in [1.82, 2.24) is 34.7 Å². The number of nitrogens with one attached hydrogen (secondary N) is 1. The summed E-state index contributed by atoms with van der Waals surface area (Å²) in [7, 11) is 0. The maximum absolute atomic E-state index is 12.1. The number of amides is 1. The summed E-state index contributed by atoms with van der Waals surface area (Å²) in [5.41, 5.74) is 0.643. The summed E-state index contributed by atoms with van der Waals surface area (Å²) in [5.74, 6) is 1.28. The molecule has 0 bridgehead atoms. The van der Waals surface area contributed by atoms with E-state index in [1.165, 1.54) is 12.4 Å². The Bertz CT molecular complexity index is 1280. The topological polar surface area (TPSA) is 159 Å². The van der Waals surface area contributed by atoms with E-state index in [1.54, 1.807) is 38.6 Å². The van der Waals surface area contributed by atoms with E-state index in [9.17, 15) is 9.59 Å². The van der Waals surface area contributed by atoms with Crippen LogP contribution in [0.4, 0.5) is 16.7 Å². The molecule has 0 spiro atoms. The van der Waals surface area contributed by atoms with Gasteiger partial charge in [-0.3, -0.25) is 14.8 Å². The average molecular weight is 554 g/mol. The van der Waals surface area contributed by atoms with Crippen molar-refractivity contribution in [2.75, 3.05) is 43.1 Å². The summed E-state index contributed by atoms with van der Waals surface area (Å²) >= 11 is 0. The fourth-order valence-corrected chi connectivity index (χ4v) is 3.81. The molecule has 3 aromatic rings. The van der Waals surface area contributed by atoms with Crippen LogP contribution in [0.1, 0.15) is 47.0 Å². The number of anilines is 2. The molecule has 0 aliphatic carbocycles. The van der Waals surface area contributed by atoms with E-state index in [2.05, 4.69) is 30.4 Å². The molecule has 1 aliphatic heterocycles. The molecular weight excluding hydrogens is 518 g/mol. The number of ether oxygens (including phenoxy) is 3. The number of nitrogens with zero attached hydrogens (tertiary/aromatic N) is 8. The Balaban J connectivity index is 1.51. The Morgan fingerprint density at radius 2 is 1.70 bits per heavy atom. The molecule has 14 heteroatoms. The van der Waals surface area contributed by atoms with Gasteiger partial charge in [-0.05, 0) is 40.5 Å². The van der Waals surface area contributed by atoms with Crippen molar-refractivity contribution in [3.63, 3.8) is 0 Å². The first-order valence-electron chi connectivity index (χ1n) is 13.3. The van der Waals surface area contributed by atoms with Gasteiger partial charge in [0.05, 0.1) is 37.1 Å². The van der Waals surface area contributed by atoms with Gasteiger partial charge in [0.1, 0.15) is 5.60 Å². The molecule has 1 aliphatic rings. The zero-order valence-corrected chi connectivity index (χ0v) is 23.3. The van der Waals surface area contributed by atoms with Crippen molar-refractivity contribution in [2.45, 2.75) is 59.1 Å². The normalized spacial score (nSPS) is 13.7. The SMILES string of the molecule is CCOC(=O)CCCCn1cc(-c2nc(-c3cnc(NC(=O)OC(C)(C)C)nc3)nc(N3CCOCC3)n2)cn1. The van der Waals surface area contributed by atoms with Crippen LogP contribution in [0.2, 0.25) is 0 Å². The van der Waals surface area contributed by atoms with E-state index in [-0.39, 0.29) is 11.9 Å². The van der Waals surface area contributed by atoms with E-state index in [4.69, 9.17) is 19.2 Å². The molecule has 0 unspecified atom stereocenters. The van der Waals surface area contributed by atoms with Gasteiger partial charge in [0.25, 0.3) is 0 Å². The highest BCUT2D eigenvalue weighted by Crippen LogP contribution is 2.23. The van der Waals surface area contributed by atoms with Crippen LogP contribution >= 0.6 is 0 Å². The van der Waals surface area contributed by atoms with Gasteiger partial charge in [0.2, 0.25) is 11.9 Å². The van der Waals surface area contributed by atoms with Gasteiger partial charge in [0.15, 0.2) is 11.6 Å². The zero-order chi connectivity index (χ0) is 28.5. The van der Waals surface area contributed by atoms with Gasteiger partial charge in [-0.2, -0.15) is 15.1 Å². The summed E-state index contributed by atoms with van der Waals surface area (Å²) in [5, 5.41) is 6.96. The van der Waals surface area contributed by atoms with Crippen LogP contribution in [0.3, 0.4) is 0 Å². The lowest BCUT2D eigenvalue weighted by Crippen LogP contribution is -2.37. The molecule has 0 atom stereocenters. The van der Waals surface area contributed by atoms with E-state index < -0.39 is 11.7 Å². The first-order chi connectivity index (χ1) is 19.2. The number of unbranched alkanes of at least 4 members (excludes halogenated alkanes) is 1. The number of rotatable bonds is 10. The largest absolute Gasteiger partial charge is 0.466 e. The van der Waals surface area contributed by atoms with Gasteiger partial charge in [-0.15, -0.1) is 0 Å². The van der Waals surface area contributed by atoms with E-state index >= 15 is 0 Å². The lowest BCUT2D eigenvalue weighted by molar-refractivity contribution is -0.143. The standard InChI is InChI=1S/C26H35N9O5/c1-5-39-20(36)8-6-7-9-35-17-19(16-29-35)22-30-21(31-24(32-22)34-10-12-38-13-11-34)18-14-27-23(28-15-18)33-25(37)40-26(2,3)4/h14-17H,5-13H2,1-4H3,(H,27,28,33,37). The Morgan fingerprint density at radius 1 is 1.00 bits per heavy atom. The van der Waals surface area contributed by atoms with Crippen molar-refractivity contribution in [3.05, 3.63) is 24.8 Å². The average Bonchev–Trinajstić information content (AvgIpc) is 3.40. The van der Waals surface area contributed by atoms with Crippen molar-refractivity contribution < 1.29 is 23.8 Å². The van der Waals surface area contributed by atoms with Crippen molar-refractivity contribution in [3.8, 4) is 22.8 Å². The fourth-order valence-electron chi connectivity index (χ4n) is 3.81. The van der Waals surface area contributed by atoms with Gasteiger partial charge < -0.3 is 19.1 Å². The minimum Gasteiger partial charge on any atom is -0.466 e. The summed E-state index contributed by atoms with van der Waals surface area (Å²) in [4.78, 5) is 48.2. The van der Waals surface area contributed by atoms with Crippen LogP contribution in [-0.4, -0.2) is 85.3 Å². The quantitative estimate of drug-likeness (QED) is 0.289. The molecule has 3 aromatic heterocycles. The summed E-state index contributed by atoms with van der Waals surface area (Å²) in [6.45, 7) is 10.6. The first kappa shape index (κ1) is 28.8. The lowest BCUT2D eigenvalue weighted by atomic mass is 10.2. The molecule has 4 heterocycles. The summed E-state index contributed by atoms with van der Waals surface area (Å²) < 4.78 is 17.5. The van der Waals surface area contributed by atoms with Crippen LogP contribution in [0, 0.1) is 0 Å². The van der Waals surface area contributed by atoms with Crippen LogP contribution < -0.4 is 10.2 Å². The Hall–Kier alpha value is -4.20. The van der Waals surface area contributed by atoms with Gasteiger partial charge >= 0.3 is 12.1 Å². The highest BCUT2D eigenvalue weighted by Gasteiger charge is 2.20. The number of hydrogen-bond donors (Lipinski definition) is 1. The first-order valence-corrected chi connectivity index (χ1v) is 13.3. The monoisotopic (exact) mass is 553 g/mol. The third-order valence-electron chi connectivity index (χ3n) is 5.66. The highest BCUT2D eigenvalue weighted by atomic mass is 16.6. The molecule has 0 aromatic carbocycles. The molecule has 1 saturated heterocycles. The van der Waals surface area contributed by atoms with Crippen molar-refractivity contribution >= 4 is 24.0 Å². The minimum absolute atomic E-state index is 0.102. The van der Waals surface area contributed by atoms with Crippen LogP contribution in [-0.2, 0) is 25.5 Å². The molecule has 1 N–H and O–H groups in total. The number of aryl methyl sites for hydroxylation is 1. The minimum atomic E-state index is -0.643. The predicted octanol–water partition coefficient (Wildman–Crippen LogP) is 3.11. The predicted molar refractivity (Wildman–Crippen MR) is 145 cm³/mol. The maximum atomic E-state index is 12.1. The van der Waals surface area contributed by atoms with Gasteiger partial charge in [-0.1, -0.05) is 0 Å². The second kappa shape index (κ2) is 13.2. The van der Waals surface area contributed by atoms with E-state index in [1.807, 2.05) is 11.1 Å². The third kappa shape index (κ3) is 8.40. The number of aromatic nitrogens is 7. The molecule has 1 fully saturated rings. The van der Waals surface area contributed by atoms with Crippen LogP contribution in [0.15, 0.2) is 24.8 Å². The molecule has 4 rings (SSSR count). The van der Waals surface area contributed by atoms with E-state index in [0.717, 1.165) is 12.0 Å². The zero-order valence-electron chi connectivity index (χ0n) is 23.3. The van der Waals surface area contributed by atoms with Crippen LogP contribution in [0.25, 0.3) is 22.8 Å². The number of esters is 1. The van der Waals surface area contributed by atoms with Gasteiger partial charge in [-0.25, -0.2) is 19.7 Å². The van der Waals surface area contributed by atoms with Gasteiger partial charge in [0, 0.05) is 44.6 Å². The smallest absolute Gasteiger partial charge is 0.414 e. The van der Waals surface area contributed by atoms with Crippen LogP contribution in [0.5, 0.6) is 0 Å². The number of carbonyl (C=O) groups excluding carboxylic acids is 2. The summed E-state index contributed by atoms with van der Waals surface area (Å²) in [6.07, 6.45) is 7.89. The molecular formula is C26H35N9O5. The van der Waals surface area contributed by atoms with E-state index in [0.29, 0.717) is 75.5 Å².